The molecule has 0 aliphatic rings. The number of anilines is 1. The Kier molecular flexibility index (Phi) is 3.45. The molecule has 0 aliphatic heterocycles. The zero-order chi connectivity index (χ0) is 11.4. The first-order valence-corrected chi connectivity index (χ1v) is 6.03. The third-order valence-electron chi connectivity index (χ3n) is 2.00. The Labute approximate surface area is 97.6 Å². The maximum absolute atomic E-state index is 5.52. The molecule has 0 bridgehead atoms. The van der Waals surface area contributed by atoms with E-state index in [1.54, 1.807) is 17.8 Å². The van der Waals surface area contributed by atoms with Crippen LogP contribution in [0.15, 0.2) is 17.4 Å². The average molecular weight is 238 g/mol. The van der Waals surface area contributed by atoms with Gasteiger partial charge < -0.3 is 5.73 Å². The average Bonchev–Trinajstić information content (AvgIpc) is 2.83. The molecular formula is C9H14N6S. The van der Waals surface area contributed by atoms with Crippen molar-refractivity contribution in [1.29, 1.82) is 0 Å². The molecule has 2 aromatic rings. The van der Waals surface area contributed by atoms with Crippen LogP contribution in [0.1, 0.15) is 12.2 Å². The highest BCUT2D eigenvalue weighted by molar-refractivity contribution is 7.99. The number of rotatable bonds is 5. The van der Waals surface area contributed by atoms with E-state index in [1.165, 1.54) is 0 Å². The van der Waals surface area contributed by atoms with Crippen LogP contribution in [0.2, 0.25) is 0 Å². The summed E-state index contributed by atoms with van der Waals surface area (Å²) in [6, 6.07) is 1.80. The molecule has 2 rings (SSSR count). The molecule has 2 aromatic heterocycles. The highest BCUT2D eigenvalue weighted by Gasteiger charge is 2.00. The molecule has 3 N–H and O–H groups in total. The SMILES string of the molecule is Cc1nc(SCCCn2ccc(N)n2)n[nH]1. The van der Waals surface area contributed by atoms with Crippen LogP contribution in [0.4, 0.5) is 5.82 Å². The summed E-state index contributed by atoms with van der Waals surface area (Å²) in [6.45, 7) is 2.76. The topological polar surface area (TPSA) is 85.4 Å². The largest absolute Gasteiger partial charge is 0.382 e. The van der Waals surface area contributed by atoms with Crippen LogP contribution in [0, 0.1) is 6.92 Å². The smallest absolute Gasteiger partial charge is 0.208 e. The number of hydrogen-bond acceptors (Lipinski definition) is 5. The lowest BCUT2D eigenvalue weighted by molar-refractivity contribution is 0.608. The second kappa shape index (κ2) is 5.02. The predicted molar refractivity (Wildman–Crippen MR) is 63.1 cm³/mol. The first kappa shape index (κ1) is 11.0. The molecule has 0 aromatic carbocycles. The molecule has 6 nitrogen and oxygen atoms in total. The van der Waals surface area contributed by atoms with Gasteiger partial charge in [-0.3, -0.25) is 9.78 Å². The van der Waals surface area contributed by atoms with E-state index in [2.05, 4.69) is 20.3 Å². The predicted octanol–water partition coefficient (Wildman–Crippen LogP) is 1.07. The van der Waals surface area contributed by atoms with Crippen molar-refractivity contribution in [3.8, 4) is 0 Å². The van der Waals surface area contributed by atoms with Gasteiger partial charge in [0, 0.05) is 18.5 Å². The van der Waals surface area contributed by atoms with Crippen molar-refractivity contribution in [2.24, 2.45) is 0 Å². The van der Waals surface area contributed by atoms with E-state index >= 15 is 0 Å². The van der Waals surface area contributed by atoms with E-state index in [-0.39, 0.29) is 0 Å². The summed E-state index contributed by atoms with van der Waals surface area (Å²) in [7, 11) is 0. The van der Waals surface area contributed by atoms with Crippen molar-refractivity contribution in [3.05, 3.63) is 18.1 Å². The fourth-order valence-electron chi connectivity index (χ4n) is 1.28. The number of nitrogens with one attached hydrogen (secondary N) is 1. The maximum Gasteiger partial charge on any atom is 0.208 e. The molecule has 0 spiro atoms. The molecule has 0 atom stereocenters. The van der Waals surface area contributed by atoms with Crippen molar-refractivity contribution in [2.75, 3.05) is 11.5 Å². The summed E-state index contributed by atoms with van der Waals surface area (Å²) in [5, 5.41) is 11.8. The van der Waals surface area contributed by atoms with Crippen molar-refractivity contribution in [3.63, 3.8) is 0 Å². The molecule has 0 radical (unpaired) electrons. The number of nitrogens with two attached hydrogens (primary N) is 1. The Morgan fingerprint density at radius 3 is 3.06 bits per heavy atom. The molecule has 0 saturated carbocycles. The molecule has 0 saturated heterocycles. The van der Waals surface area contributed by atoms with Gasteiger partial charge in [-0.25, -0.2) is 4.98 Å². The number of nitrogens with zero attached hydrogens (tertiary/aromatic N) is 4. The van der Waals surface area contributed by atoms with Gasteiger partial charge in [0.05, 0.1) is 0 Å². The van der Waals surface area contributed by atoms with E-state index in [0.29, 0.717) is 5.82 Å². The lowest BCUT2D eigenvalue weighted by atomic mass is 10.5. The molecule has 7 heteroatoms. The summed E-state index contributed by atoms with van der Waals surface area (Å²) in [6.07, 6.45) is 2.90. The van der Waals surface area contributed by atoms with Crippen molar-refractivity contribution in [2.45, 2.75) is 25.0 Å². The molecule has 0 amide bonds. The highest BCUT2D eigenvalue weighted by atomic mass is 32.2. The van der Waals surface area contributed by atoms with E-state index in [9.17, 15) is 0 Å². The number of nitrogen functional groups attached to an aromatic ring is 1. The van der Waals surface area contributed by atoms with E-state index in [1.807, 2.05) is 17.8 Å². The second-order valence-corrected chi connectivity index (χ2v) is 4.47. The van der Waals surface area contributed by atoms with E-state index in [4.69, 9.17) is 5.73 Å². The van der Waals surface area contributed by atoms with Crippen molar-refractivity contribution < 1.29 is 0 Å². The minimum atomic E-state index is 0.567. The summed E-state index contributed by atoms with van der Waals surface area (Å²) in [4.78, 5) is 4.21. The van der Waals surface area contributed by atoms with Crippen LogP contribution in [-0.2, 0) is 6.54 Å². The van der Waals surface area contributed by atoms with Gasteiger partial charge in [0.2, 0.25) is 5.16 Å². The van der Waals surface area contributed by atoms with Gasteiger partial charge in [-0.05, 0) is 19.4 Å². The number of aromatic amines is 1. The molecule has 0 aliphatic carbocycles. The Bertz CT molecular complexity index is 406. The van der Waals surface area contributed by atoms with Gasteiger partial charge in [0.15, 0.2) is 0 Å². The fourth-order valence-corrected chi connectivity index (χ4v) is 2.05. The van der Waals surface area contributed by atoms with Crippen LogP contribution in [0.5, 0.6) is 0 Å². The minimum Gasteiger partial charge on any atom is -0.382 e. The maximum atomic E-state index is 5.52. The van der Waals surface area contributed by atoms with Crippen LogP contribution >= 0.6 is 11.8 Å². The first-order valence-electron chi connectivity index (χ1n) is 5.05. The van der Waals surface area contributed by atoms with Crippen LogP contribution < -0.4 is 5.73 Å². The zero-order valence-corrected chi connectivity index (χ0v) is 9.87. The lowest BCUT2D eigenvalue weighted by Crippen LogP contribution is -2.00. The zero-order valence-electron chi connectivity index (χ0n) is 9.05. The molecule has 0 fully saturated rings. The minimum absolute atomic E-state index is 0.567. The quantitative estimate of drug-likeness (QED) is 0.601. The van der Waals surface area contributed by atoms with Gasteiger partial charge in [-0.1, -0.05) is 11.8 Å². The third-order valence-corrected chi connectivity index (χ3v) is 2.93. The summed E-state index contributed by atoms with van der Waals surface area (Å²) in [5.41, 5.74) is 5.52. The standard InChI is InChI=1S/C9H14N6S/c1-7-11-9(13-12-7)16-6-2-4-15-5-3-8(10)14-15/h3,5H,2,4,6H2,1H3,(H2,10,14)(H,11,12,13). The Balaban J connectivity index is 1.69. The summed E-state index contributed by atoms with van der Waals surface area (Å²) >= 11 is 1.64. The van der Waals surface area contributed by atoms with Crippen LogP contribution in [0.3, 0.4) is 0 Å². The summed E-state index contributed by atoms with van der Waals surface area (Å²) < 4.78 is 1.85. The number of aryl methyl sites for hydroxylation is 2. The highest BCUT2D eigenvalue weighted by Crippen LogP contribution is 2.13. The monoisotopic (exact) mass is 238 g/mol. The van der Waals surface area contributed by atoms with Gasteiger partial charge in [-0.15, -0.1) is 5.10 Å². The van der Waals surface area contributed by atoms with E-state index in [0.717, 1.165) is 29.7 Å². The third kappa shape index (κ3) is 2.99. The number of thioether (sulfide) groups is 1. The molecule has 16 heavy (non-hydrogen) atoms. The van der Waals surface area contributed by atoms with Crippen LogP contribution in [0.25, 0.3) is 0 Å². The number of H-pyrrole nitrogens is 1. The number of hydrogen-bond donors (Lipinski definition) is 2. The van der Waals surface area contributed by atoms with Gasteiger partial charge >= 0.3 is 0 Å². The lowest BCUT2D eigenvalue weighted by Gasteiger charge is -1.99. The molecular weight excluding hydrogens is 224 g/mol. The number of aromatic nitrogens is 5. The van der Waals surface area contributed by atoms with Gasteiger partial charge in [0.1, 0.15) is 11.6 Å². The van der Waals surface area contributed by atoms with Gasteiger partial charge in [0.25, 0.3) is 0 Å². The molecule has 86 valence electrons. The first-order chi connectivity index (χ1) is 7.74. The van der Waals surface area contributed by atoms with Gasteiger partial charge in [-0.2, -0.15) is 5.10 Å². The fraction of sp³-hybridized carbons (Fsp3) is 0.444. The molecule has 2 heterocycles. The van der Waals surface area contributed by atoms with Crippen molar-refractivity contribution >= 4 is 17.6 Å². The molecule has 0 unspecified atom stereocenters. The van der Waals surface area contributed by atoms with Crippen LogP contribution in [-0.4, -0.2) is 30.7 Å². The Morgan fingerprint density at radius 1 is 1.56 bits per heavy atom. The Morgan fingerprint density at radius 2 is 2.44 bits per heavy atom. The van der Waals surface area contributed by atoms with E-state index < -0.39 is 0 Å². The Hall–Kier alpha value is -1.50. The van der Waals surface area contributed by atoms with Crippen molar-refractivity contribution in [1.82, 2.24) is 25.0 Å². The summed E-state index contributed by atoms with van der Waals surface area (Å²) in [5.74, 6) is 2.39. The second-order valence-electron chi connectivity index (χ2n) is 3.41. The normalized spacial score (nSPS) is 10.8.